The van der Waals surface area contributed by atoms with Crippen LogP contribution in [-0.4, -0.2) is 71.8 Å². The van der Waals surface area contributed by atoms with Crippen LogP contribution in [0.25, 0.3) is 0 Å². The Balaban J connectivity index is 2.06. The third kappa shape index (κ3) is 4.20. The second-order valence-electron chi connectivity index (χ2n) is 7.18. The number of carboxylic acids is 1. The minimum atomic E-state index is -0.936. The summed E-state index contributed by atoms with van der Waals surface area (Å²) in [5.41, 5.74) is 2.00. The molecule has 6 nitrogen and oxygen atoms in total. The standard InChI is InChI=1S/C21H28FN3O3/c1-4-23(3)20-19(21(26)27)15(2)13-18(24-9-11-28-12-10-24)25(20)14-16-5-7-17(22)8-6-16/h5-8,13,18H,4,9-12,14H2,1-3H3,(H,26,27). The number of morpholine rings is 1. The van der Waals surface area contributed by atoms with Crippen LogP contribution in [0.1, 0.15) is 19.4 Å². The molecule has 1 saturated heterocycles. The second kappa shape index (κ2) is 8.75. The van der Waals surface area contributed by atoms with Crippen molar-refractivity contribution in [1.29, 1.82) is 0 Å². The third-order valence-corrected chi connectivity index (χ3v) is 5.34. The molecular formula is C21H28FN3O3. The summed E-state index contributed by atoms with van der Waals surface area (Å²) >= 11 is 0. The first-order chi connectivity index (χ1) is 13.4. The molecule has 1 N–H and O–H groups in total. The zero-order chi connectivity index (χ0) is 20.3. The number of nitrogens with zero attached hydrogens (tertiary/aromatic N) is 3. The van der Waals surface area contributed by atoms with Crippen LogP contribution < -0.4 is 0 Å². The van der Waals surface area contributed by atoms with E-state index in [1.165, 1.54) is 12.1 Å². The number of halogens is 1. The molecule has 28 heavy (non-hydrogen) atoms. The highest BCUT2D eigenvalue weighted by atomic mass is 19.1. The van der Waals surface area contributed by atoms with Crippen molar-refractivity contribution in [1.82, 2.24) is 14.7 Å². The van der Waals surface area contributed by atoms with Crippen molar-refractivity contribution in [2.45, 2.75) is 26.6 Å². The summed E-state index contributed by atoms with van der Waals surface area (Å²) < 4.78 is 18.9. The Labute approximate surface area is 165 Å². The number of hydrogen-bond acceptors (Lipinski definition) is 5. The minimum absolute atomic E-state index is 0.0824. The van der Waals surface area contributed by atoms with E-state index in [9.17, 15) is 14.3 Å². The van der Waals surface area contributed by atoms with Crippen molar-refractivity contribution >= 4 is 5.97 Å². The molecule has 3 rings (SSSR count). The molecule has 2 aliphatic heterocycles. The van der Waals surface area contributed by atoms with Crippen LogP contribution in [0.5, 0.6) is 0 Å². The maximum atomic E-state index is 13.4. The van der Waals surface area contributed by atoms with Gasteiger partial charge in [0.25, 0.3) is 0 Å². The fourth-order valence-corrected chi connectivity index (χ4v) is 3.77. The molecule has 7 heteroatoms. The molecule has 0 aromatic heterocycles. The van der Waals surface area contributed by atoms with Gasteiger partial charge in [-0.3, -0.25) is 4.90 Å². The lowest BCUT2D eigenvalue weighted by atomic mass is 9.99. The maximum absolute atomic E-state index is 13.4. The highest BCUT2D eigenvalue weighted by molar-refractivity contribution is 5.92. The predicted octanol–water partition coefficient (Wildman–Crippen LogP) is 2.49. The van der Waals surface area contributed by atoms with Gasteiger partial charge < -0.3 is 19.6 Å². The summed E-state index contributed by atoms with van der Waals surface area (Å²) in [7, 11) is 1.91. The quantitative estimate of drug-likeness (QED) is 0.807. The van der Waals surface area contributed by atoms with E-state index < -0.39 is 5.97 Å². The molecule has 1 atom stereocenters. The summed E-state index contributed by atoms with van der Waals surface area (Å²) in [6.07, 6.45) is 1.94. The van der Waals surface area contributed by atoms with E-state index in [-0.39, 0.29) is 12.0 Å². The lowest BCUT2D eigenvalue weighted by molar-refractivity contribution is -0.132. The second-order valence-corrected chi connectivity index (χ2v) is 7.18. The van der Waals surface area contributed by atoms with Gasteiger partial charge in [0.1, 0.15) is 23.4 Å². The number of rotatable bonds is 6. The van der Waals surface area contributed by atoms with Gasteiger partial charge in [0.05, 0.1) is 13.2 Å². The molecule has 0 saturated carbocycles. The molecule has 2 heterocycles. The van der Waals surface area contributed by atoms with E-state index in [2.05, 4.69) is 9.80 Å². The summed E-state index contributed by atoms with van der Waals surface area (Å²) in [5, 5.41) is 9.91. The molecule has 0 amide bonds. The van der Waals surface area contributed by atoms with Crippen molar-refractivity contribution in [2.75, 3.05) is 39.9 Å². The van der Waals surface area contributed by atoms with Crippen molar-refractivity contribution in [3.8, 4) is 0 Å². The number of carboxylic acid groups (broad SMARTS) is 1. The largest absolute Gasteiger partial charge is 0.478 e. The van der Waals surface area contributed by atoms with Gasteiger partial charge in [-0.05, 0) is 43.2 Å². The van der Waals surface area contributed by atoms with Gasteiger partial charge in [-0.1, -0.05) is 12.1 Å². The molecule has 1 aromatic carbocycles. The zero-order valence-electron chi connectivity index (χ0n) is 16.7. The molecule has 0 spiro atoms. The average molecular weight is 389 g/mol. The van der Waals surface area contributed by atoms with Crippen molar-refractivity contribution in [2.24, 2.45) is 0 Å². The van der Waals surface area contributed by atoms with E-state index >= 15 is 0 Å². The van der Waals surface area contributed by atoms with E-state index in [1.54, 1.807) is 12.1 Å². The number of carbonyl (C=O) groups is 1. The number of hydrogen-bond donors (Lipinski definition) is 1. The van der Waals surface area contributed by atoms with Crippen LogP contribution >= 0.6 is 0 Å². The maximum Gasteiger partial charge on any atom is 0.339 e. The molecular weight excluding hydrogens is 361 g/mol. The van der Waals surface area contributed by atoms with Crippen LogP contribution in [0.4, 0.5) is 4.39 Å². The lowest BCUT2D eigenvalue weighted by Gasteiger charge is -2.47. The number of ether oxygens (including phenoxy) is 1. The fraction of sp³-hybridized carbons (Fsp3) is 0.476. The smallest absolute Gasteiger partial charge is 0.339 e. The van der Waals surface area contributed by atoms with Gasteiger partial charge in [0.2, 0.25) is 0 Å². The molecule has 1 fully saturated rings. The molecule has 0 radical (unpaired) electrons. The van der Waals surface area contributed by atoms with Crippen LogP contribution in [0.2, 0.25) is 0 Å². The minimum Gasteiger partial charge on any atom is -0.478 e. The van der Waals surface area contributed by atoms with Crippen LogP contribution in [0, 0.1) is 5.82 Å². The Morgan fingerprint density at radius 3 is 2.50 bits per heavy atom. The Kier molecular flexibility index (Phi) is 6.36. The molecule has 1 aromatic rings. The first kappa shape index (κ1) is 20.4. The lowest BCUT2D eigenvalue weighted by Crippen LogP contribution is -2.54. The average Bonchev–Trinajstić information content (AvgIpc) is 2.70. The fourth-order valence-electron chi connectivity index (χ4n) is 3.77. The molecule has 1 unspecified atom stereocenters. The molecule has 0 aliphatic carbocycles. The Hall–Kier alpha value is -2.38. The van der Waals surface area contributed by atoms with Gasteiger partial charge in [-0.2, -0.15) is 0 Å². The van der Waals surface area contributed by atoms with Crippen molar-refractivity contribution in [3.05, 3.63) is 58.7 Å². The monoisotopic (exact) mass is 389 g/mol. The Bertz CT molecular complexity index is 770. The zero-order valence-corrected chi connectivity index (χ0v) is 16.7. The van der Waals surface area contributed by atoms with Gasteiger partial charge in [0.15, 0.2) is 0 Å². The summed E-state index contributed by atoms with van der Waals surface area (Å²) in [5.74, 6) is -0.528. The summed E-state index contributed by atoms with van der Waals surface area (Å²) in [4.78, 5) is 18.5. The molecule has 152 valence electrons. The SMILES string of the molecule is CCN(C)C1=C(C(=O)O)C(C)=CC(N2CCOCC2)N1Cc1ccc(F)cc1. The van der Waals surface area contributed by atoms with Crippen molar-refractivity contribution in [3.63, 3.8) is 0 Å². The van der Waals surface area contributed by atoms with Crippen LogP contribution in [-0.2, 0) is 16.1 Å². The predicted molar refractivity (Wildman–Crippen MR) is 105 cm³/mol. The van der Waals surface area contributed by atoms with E-state index in [0.29, 0.717) is 37.7 Å². The first-order valence-corrected chi connectivity index (χ1v) is 9.62. The normalized spacial score (nSPS) is 20.9. The van der Waals surface area contributed by atoms with E-state index in [4.69, 9.17) is 4.74 Å². The van der Waals surface area contributed by atoms with Gasteiger partial charge in [0, 0.05) is 33.2 Å². The number of benzene rings is 1. The summed E-state index contributed by atoms with van der Waals surface area (Å²) in [6, 6.07) is 6.38. The number of aliphatic carboxylic acids is 1. The Morgan fingerprint density at radius 2 is 1.93 bits per heavy atom. The third-order valence-electron chi connectivity index (χ3n) is 5.34. The van der Waals surface area contributed by atoms with Gasteiger partial charge in [-0.25, -0.2) is 9.18 Å². The van der Waals surface area contributed by atoms with Crippen molar-refractivity contribution < 1.29 is 19.0 Å². The molecule has 2 aliphatic rings. The summed E-state index contributed by atoms with van der Waals surface area (Å²) in [6.45, 7) is 7.89. The van der Waals surface area contributed by atoms with Crippen LogP contribution in [0.15, 0.2) is 47.3 Å². The molecule has 0 bridgehead atoms. The topological polar surface area (TPSA) is 56.3 Å². The Morgan fingerprint density at radius 1 is 1.29 bits per heavy atom. The van der Waals surface area contributed by atoms with E-state index in [1.807, 2.05) is 31.9 Å². The van der Waals surface area contributed by atoms with E-state index in [0.717, 1.165) is 24.2 Å². The highest BCUT2D eigenvalue weighted by Crippen LogP contribution is 2.32. The first-order valence-electron chi connectivity index (χ1n) is 9.62. The van der Waals surface area contributed by atoms with Crippen LogP contribution in [0.3, 0.4) is 0 Å². The highest BCUT2D eigenvalue weighted by Gasteiger charge is 2.36. The van der Waals surface area contributed by atoms with Gasteiger partial charge in [-0.15, -0.1) is 0 Å². The van der Waals surface area contributed by atoms with Gasteiger partial charge >= 0.3 is 5.97 Å².